The van der Waals surface area contributed by atoms with Crippen molar-refractivity contribution in [3.63, 3.8) is 0 Å². The zero-order valence-electron chi connectivity index (χ0n) is 17.2. The lowest BCUT2D eigenvalue weighted by molar-refractivity contribution is -0.665. The van der Waals surface area contributed by atoms with Gasteiger partial charge in [-0.05, 0) is 38.1 Å². The van der Waals surface area contributed by atoms with Gasteiger partial charge in [-0.1, -0.05) is 77.7 Å². The van der Waals surface area contributed by atoms with Crippen LogP contribution < -0.4 is 21.9 Å². The molecule has 1 aliphatic rings. The predicted molar refractivity (Wildman–Crippen MR) is 128 cm³/mol. The second-order valence-electron chi connectivity index (χ2n) is 6.60. The minimum atomic E-state index is 0. The van der Waals surface area contributed by atoms with Gasteiger partial charge in [-0.2, -0.15) is 4.57 Å². The maximum atomic E-state index is 2.36. The molecule has 0 spiro atoms. The number of anilines is 1. The van der Waals surface area contributed by atoms with Gasteiger partial charge in [0.05, 0.1) is 10.7 Å². The van der Waals surface area contributed by atoms with Gasteiger partial charge < -0.3 is 17.3 Å². The summed E-state index contributed by atoms with van der Waals surface area (Å²) in [6, 6.07) is 17.2. The van der Waals surface area contributed by atoms with Crippen molar-refractivity contribution in [1.82, 2.24) is 0 Å². The Balaban J connectivity index is 0.00000256. The summed E-state index contributed by atoms with van der Waals surface area (Å²) in [5.74, 6) is 0. The van der Waals surface area contributed by atoms with Crippen molar-refractivity contribution in [2.24, 2.45) is 0 Å². The molecular weight excluding hydrogens is 428 g/mol. The Morgan fingerprint density at radius 1 is 0.900 bits per heavy atom. The van der Waals surface area contributed by atoms with Crippen molar-refractivity contribution >= 4 is 45.1 Å². The maximum Gasteiger partial charge on any atom is 0.262 e. The van der Waals surface area contributed by atoms with Crippen molar-refractivity contribution < 1.29 is 17.0 Å². The molecule has 0 atom stereocenters. The van der Waals surface area contributed by atoms with Crippen LogP contribution in [0.25, 0.3) is 16.3 Å². The average Bonchev–Trinajstić information content (AvgIpc) is 3.29. The Bertz CT molecular complexity index is 1130. The third kappa shape index (κ3) is 4.72. The lowest BCUT2D eigenvalue weighted by Crippen LogP contribution is -3.00. The summed E-state index contributed by atoms with van der Waals surface area (Å²) >= 11 is 3.67. The number of benzene rings is 2. The number of aryl methyl sites for hydroxylation is 1. The molecule has 4 rings (SSSR count). The molecule has 1 aromatic heterocycles. The first-order chi connectivity index (χ1) is 14.3. The molecule has 154 valence electrons. The van der Waals surface area contributed by atoms with Gasteiger partial charge in [0, 0.05) is 23.6 Å². The van der Waals surface area contributed by atoms with E-state index in [1.54, 1.807) is 0 Å². The Hall–Kier alpha value is -2.27. The molecule has 2 heterocycles. The molecular formula is C25H25ClN2S2. The van der Waals surface area contributed by atoms with Gasteiger partial charge >= 0.3 is 0 Å². The number of para-hydroxylation sites is 2. The second-order valence-corrected chi connectivity index (χ2v) is 8.72. The summed E-state index contributed by atoms with van der Waals surface area (Å²) in [6.45, 7) is 6.35. The summed E-state index contributed by atoms with van der Waals surface area (Å²) in [5, 5.41) is 2.56. The van der Waals surface area contributed by atoms with E-state index in [0.29, 0.717) is 0 Å². The fourth-order valence-corrected chi connectivity index (χ4v) is 5.75. The van der Waals surface area contributed by atoms with E-state index in [1.807, 2.05) is 23.1 Å². The van der Waals surface area contributed by atoms with Crippen LogP contribution in [-0.2, 0) is 6.54 Å². The molecule has 0 N–H and O–H groups in total. The van der Waals surface area contributed by atoms with Crippen LogP contribution in [0.5, 0.6) is 0 Å². The van der Waals surface area contributed by atoms with Crippen LogP contribution in [0.3, 0.4) is 0 Å². The van der Waals surface area contributed by atoms with E-state index in [0.717, 1.165) is 13.1 Å². The summed E-state index contributed by atoms with van der Waals surface area (Å²) < 4.78 is 3.69. The van der Waals surface area contributed by atoms with E-state index < -0.39 is 0 Å². The molecule has 0 amide bonds. The van der Waals surface area contributed by atoms with Gasteiger partial charge in [0.1, 0.15) is 11.2 Å². The SMILES string of the molecule is CCN1\C(=C/C=C/C=C/C=C/c2sc3ccccc3[n+]2CC)Sc2ccccc21.[Cl-]. The third-order valence-corrected chi connectivity index (χ3v) is 7.09. The Kier molecular flexibility index (Phi) is 7.97. The largest absolute Gasteiger partial charge is 1.00 e. The number of nitrogens with zero attached hydrogens (tertiary/aromatic N) is 2. The molecule has 2 aromatic carbocycles. The third-order valence-electron chi connectivity index (χ3n) is 4.83. The molecule has 0 bridgehead atoms. The molecule has 0 aliphatic carbocycles. The van der Waals surface area contributed by atoms with Crippen LogP contribution in [0, 0.1) is 0 Å². The first-order valence-electron chi connectivity index (χ1n) is 9.99. The first-order valence-corrected chi connectivity index (χ1v) is 11.6. The molecule has 0 unspecified atom stereocenters. The molecule has 0 radical (unpaired) electrons. The van der Waals surface area contributed by atoms with E-state index in [4.69, 9.17) is 0 Å². The van der Waals surface area contributed by atoms with Crippen LogP contribution in [0.1, 0.15) is 18.9 Å². The van der Waals surface area contributed by atoms with Gasteiger partial charge in [0.15, 0.2) is 0 Å². The quantitative estimate of drug-likeness (QED) is 0.414. The molecule has 3 aromatic rings. The fraction of sp³-hybridized carbons (Fsp3) is 0.160. The summed E-state index contributed by atoms with van der Waals surface area (Å²) in [6.07, 6.45) is 14.9. The van der Waals surface area contributed by atoms with Gasteiger partial charge in [-0.3, -0.25) is 0 Å². The van der Waals surface area contributed by atoms with E-state index >= 15 is 0 Å². The number of thiazole rings is 1. The van der Waals surface area contributed by atoms with Crippen molar-refractivity contribution in [2.45, 2.75) is 25.3 Å². The molecule has 30 heavy (non-hydrogen) atoms. The smallest absolute Gasteiger partial charge is 0.262 e. The Labute approximate surface area is 193 Å². The zero-order chi connectivity index (χ0) is 20.1. The maximum absolute atomic E-state index is 2.36. The summed E-state index contributed by atoms with van der Waals surface area (Å²) in [5.41, 5.74) is 2.62. The second kappa shape index (κ2) is 10.7. The van der Waals surface area contributed by atoms with Crippen molar-refractivity contribution in [2.75, 3.05) is 11.4 Å². The zero-order valence-corrected chi connectivity index (χ0v) is 19.6. The lowest BCUT2D eigenvalue weighted by atomic mass is 10.3. The number of rotatable bonds is 6. The number of fused-ring (bicyclic) bond motifs is 2. The van der Waals surface area contributed by atoms with Gasteiger partial charge in [-0.15, -0.1) is 0 Å². The van der Waals surface area contributed by atoms with Crippen LogP contribution in [0.15, 0.2) is 94.9 Å². The predicted octanol–water partition coefficient (Wildman–Crippen LogP) is 3.81. The first kappa shape index (κ1) is 22.4. The highest BCUT2D eigenvalue weighted by Gasteiger charge is 2.22. The molecule has 0 fully saturated rings. The van der Waals surface area contributed by atoms with Crippen molar-refractivity contribution in [3.05, 3.63) is 95.0 Å². The van der Waals surface area contributed by atoms with Crippen LogP contribution in [0.4, 0.5) is 5.69 Å². The standard InChI is InChI=1S/C25H25N2S2.ClH/c1-3-26-20-14-10-12-16-22(20)28-24(26)18-8-6-5-7-9-19-25-27(4-2)21-15-11-13-17-23(21)29-25;/h5-19H,3-4H2,1-2H3;1H/q+1;/p-1. The summed E-state index contributed by atoms with van der Waals surface area (Å²) in [7, 11) is 0. The monoisotopic (exact) mass is 452 g/mol. The van der Waals surface area contributed by atoms with Crippen molar-refractivity contribution in [1.29, 1.82) is 0 Å². The number of hydrogen-bond donors (Lipinski definition) is 0. The fourth-order valence-electron chi connectivity index (χ4n) is 3.47. The molecule has 0 saturated carbocycles. The van der Waals surface area contributed by atoms with Crippen molar-refractivity contribution in [3.8, 4) is 0 Å². The number of allylic oxidation sites excluding steroid dienone is 6. The van der Waals surface area contributed by atoms with E-state index in [9.17, 15) is 0 Å². The summed E-state index contributed by atoms with van der Waals surface area (Å²) in [4.78, 5) is 3.69. The normalized spacial score (nSPS) is 15.1. The minimum Gasteiger partial charge on any atom is -1.00 e. The van der Waals surface area contributed by atoms with Gasteiger partial charge in [-0.25, -0.2) is 0 Å². The molecule has 1 aliphatic heterocycles. The lowest BCUT2D eigenvalue weighted by Gasteiger charge is -2.17. The number of halogens is 1. The highest BCUT2D eigenvalue weighted by Crippen LogP contribution is 2.45. The van der Waals surface area contributed by atoms with E-state index in [1.165, 1.54) is 30.8 Å². The average molecular weight is 453 g/mol. The van der Waals surface area contributed by atoms with Gasteiger partial charge in [0.2, 0.25) is 5.52 Å². The highest BCUT2D eigenvalue weighted by molar-refractivity contribution is 8.03. The number of thioether (sulfide) groups is 1. The minimum absolute atomic E-state index is 0. The molecule has 5 heteroatoms. The van der Waals surface area contributed by atoms with Crippen LogP contribution in [0.2, 0.25) is 0 Å². The van der Waals surface area contributed by atoms with Crippen LogP contribution >= 0.6 is 23.1 Å². The Morgan fingerprint density at radius 3 is 2.47 bits per heavy atom. The van der Waals surface area contributed by atoms with Gasteiger partial charge in [0.25, 0.3) is 5.01 Å². The number of aromatic nitrogens is 1. The van der Waals surface area contributed by atoms with Crippen LogP contribution in [-0.4, -0.2) is 6.54 Å². The molecule has 0 saturated heterocycles. The number of hydrogen-bond acceptors (Lipinski definition) is 3. The Morgan fingerprint density at radius 2 is 1.63 bits per heavy atom. The topological polar surface area (TPSA) is 7.12 Å². The van der Waals surface area contributed by atoms with E-state index in [-0.39, 0.29) is 12.4 Å². The highest BCUT2D eigenvalue weighted by atomic mass is 35.5. The molecule has 2 nitrogen and oxygen atoms in total. The van der Waals surface area contributed by atoms with E-state index in [2.05, 4.69) is 114 Å².